The van der Waals surface area contributed by atoms with Crippen molar-refractivity contribution in [1.82, 2.24) is 24.0 Å². The van der Waals surface area contributed by atoms with Gasteiger partial charge in [-0.05, 0) is 43.7 Å². The second-order valence-electron chi connectivity index (χ2n) is 8.25. The second kappa shape index (κ2) is 7.46. The van der Waals surface area contributed by atoms with Gasteiger partial charge in [0.25, 0.3) is 5.56 Å². The molecule has 0 spiro atoms. The molecule has 29 heavy (non-hydrogen) atoms. The number of fused-ring (bicyclic) bond motifs is 1. The van der Waals surface area contributed by atoms with Gasteiger partial charge in [-0.1, -0.05) is 12.1 Å². The van der Waals surface area contributed by atoms with Gasteiger partial charge in [0.2, 0.25) is 5.91 Å². The number of benzene rings is 1. The van der Waals surface area contributed by atoms with E-state index in [2.05, 4.69) is 20.7 Å². The number of rotatable bonds is 5. The number of para-hydroxylation sites is 1. The van der Waals surface area contributed by atoms with Gasteiger partial charge in [0.1, 0.15) is 12.4 Å². The molecular weight excluding hydrogens is 366 g/mol. The summed E-state index contributed by atoms with van der Waals surface area (Å²) in [6.45, 7) is 2.46. The van der Waals surface area contributed by atoms with Crippen LogP contribution in [0, 0.1) is 5.92 Å². The summed E-state index contributed by atoms with van der Waals surface area (Å²) in [7, 11) is 0. The molecule has 1 saturated heterocycles. The summed E-state index contributed by atoms with van der Waals surface area (Å²) in [5, 5.41) is 0.543. The molecule has 3 heterocycles. The third kappa shape index (κ3) is 3.69. The van der Waals surface area contributed by atoms with Gasteiger partial charge in [0.15, 0.2) is 0 Å². The largest absolute Gasteiger partial charge is 0.340 e. The van der Waals surface area contributed by atoms with E-state index in [1.165, 1.54) is 23.7 Å². The molecule has 7 nitrogen and oxygen atoms in total. The van der Waals surface area contributed by atoms with Crippen LogP contribution >= 0.6 is 0 Å². The molecule has 1 saturated carbocycles. The molecule has 7 heteroatoms. The zero-order valence-corrected chi connectivity index (χ0v) is 16.4. The van der Waals surface area contributed by atoms with Crippen molar-refractivity contribution in [3.8, 4) is 0 Å². The van der Waals surface area contributed by atoms with E-state index in [0.29, 0.717) is 17.4 Å². The topological polar surface area (TPSA) is 73.0 Å². The summed E-state index contributed by atoms with van der Waals surface area (Å²) in [6, 6.07) is 7.23. The highest BCUT2D eigenvalue weighted by molar-refractivity contribution is 5.79. The SMILES string of the molecule is O=C(Cn1cnc2ccccc2c1=O)N1CCCC(c2nccn2CC2CC2)C1. The van der Waals surface area contributed by atoms with Crippen molar-refractivity contribution in [3.63, 3.8) is 0 Å². The lowest BCUT2D eigenvalue weighted by molar-refractivity contribution is -0.133. The lowest BCUT2D eigenvalue weighted by Gasteiger charge is -2.33. The molecule has 2 aliphatic rings. The molecular formula is C22H25N5O2. The molecule has 2 fully saturated rings. The average molecular weight is 391 g/mol. The van der Waals surface area contributed by atoms with Gasteiger partial charge in [-0.15, -0.1) is 0 Å². The van der Waals surface area contributed by atoms with Gasteiger partial charge >= 0.3 is 0 Å². The van der Waals surface area contributed by atoms with E-state index < -0.39 is 0 Å². The number of nitrogens with zero attached hydrogens (tertiary/aromatic N) is 5. The fourth-order valence-corrected chi connectivity index (χ4v) is 4.29. The minimum atomic E-state index is -0.169. The molecule has 2 aromatic heterocycles. The monoisotopic (exact) mass is 391 g/mol. The Morgan fingerprint density at radius 3 is 2.83 bits per heavy atom. The maximum atomic E-state index is 13.0. The number of carbonyl (C=O) groups is 1. The van der Waals surface area contributed by atoms with E-state index in [-0.39, 0.29) is 23.9 Å². The molecule has 5 rings (SSSR count). The summed E-state index contributed by atoms with van der Waals surface area (Å²) in [6.07, 6.45) is 10.0. The molecule has 1 unspecified atom stereocenters. The third-order valence-corrected chi connectivity index (χ3v) is 6.08. The van der Waals surface area contributed by atoms with Crippen molar-refractivity contribution in [2.45, 2.75) is 44.7 Å². The maximum absolute atomic E-state index is 13.0. The van der Waals surface area contributed by atoms with Crippen LogP contribution in [0.1, 0.15) is 37.4 Å². The van der Waals surface area contributed by atoms with Crippen molar-refractivity contribution < 1.29 is 4.79 Å². The van der Waals surface area contributed by atoms with Crippen molar-refractivity contribution in [1.29, 1.82) is 0 Å². The Morgan fingerprint density at radius 2 is 1.97 bits per heavy atom. The maximum Gasteiger partial charge on any atom is 0.261 e. The zero-order valence-electron chi connectivity index (χ0n) is 16.4. The molecule has 1 aliphatic heterocycles. The average Bonchev–Trinajstić information content (AvgIpc) is 3.45. The minimum Gasteiger partial charge on any atom is -0.340 e. The third-order valence-electron chi connectivity index (χ3n) is 6.08. The van der Waals surface area contributed by atoms with Crippen LogP contribution in [0.2, 0.25) is 0 Å². The minimum absolute atomic E-state index is 0.0277. The fraction of sp³-hybridized carbons (Fsp3) is 0.455. The first kappa shape index (κ1) is 18.1. The normalized spacial score (nSPS) is 19.6. The van der Waals surface area contributed by atoms with Crippen LogP contribution in [0.15, 0.2) is 47.8 Å². The Bertz CT molecular complexity index is 1100. The quantitative estimate of drug-likeness (QED) is 0.670. The molecule has 0 radical (unpaired) electrons. The highest BCUT2D eigenvalue weighted by Gasteiger charge is 2.29. The number of amides is 1. The summed E-state index contributed by atoms with van der Waals surface area (Å²) in [5.74, 6) is 2.11. The van der Waals surface area contributed by atoms with Crippen LogP contribution in [-0.2, 0) is 17.9 Å². The molecule has 1 atom stereocenters. The summed E-state index contributed by atoms with van der Waals surface area (Å²) < 4.78 is 3.69. The Balaban J connectivity index is 1.31. The van der Waals surface area contributed by atoms with Crippen molar-refractivity contribution in [3.05, 3.63) is 59.2 Å². The Morgan fingerprint density at radius 1 is 1.10 bits per heavy atom. The van der Waals surface area contributed by atoms with E-state index in [4.69, 9.17) is 0 Å². The lowest BCUT2D eigenvalue weighted by Crippen LogP contribution is -2.42. The van der Waals surface area contributed by atoms with Crippen LogP contribution in [-0.4, -0.2) is 43.0 Å². The van der Waals surface area contributed by atoms with Gasteiger partial charge in [0, 0.05) is 37.9 Å². The first-order chi connectivity index (χ1) is 14.2. The molecule has 1 amide bonds. The number of aromatic nitrogens is 4. The van der Waals surface area contributed by atoms with Crippen molar-refractivity contribution in [2.75, 3.05) is 13.1 Å². The van der Waals surface area contributed by atoms with Gasteiger partial charge in [-0.25, -0.2) is 9.97 Å². The van der Waals surface area contributed by atoms with Crippen molar-refractivity contribution in [2.24, 2.45) is 5.92 Å². The predicted molar refractivity (Wildman–Crippen MR) is 110 cm³/mol. The Labute approximate surface area is 169 Å². The number of carbonyl (C=O) groups excluding carboxylic acids is 1. The zero-order chi connectivity index (χ0) is 19.8. The lowest BCUT2D eigenvalue weighted by atomic mass is 9.97. The molecule has 1 aromatic carbocycles. The van der Waals surface area contributed by atoms with Crippen molar-refractivity contribution >= 4 is 16.8 Å². The summed E-state index contributed by atoms with van der Waals surface area (Å²) in [5.41, 5.74) is 0.485. The van der Waals surface area contributed by atoms with Crippen LogP contribution in [0.5, 0.6) is 0 Å². The highest BCUT2D eigenvalue weighted by Crippen LogP contribution is 2.33. The smallest absolute Gasteiger partial charge is 0.261 e. The number of piperidine rings is 1. The van der Waals surface area contributed by atoms with Gasteiger partial charge in [-0.2, -0.15) is 0 Å². The number of imidazole rings is 1. The predicted octanol–water partition coefficient (Wildman–Crippen LogP) is 2.41. The molecule has 1 aliphatic carbocycles. The number of likely N-dealkylation sites (tertiary alicyclic amines) is 1. The molecule has 3 aromatic rings. The molecule has 0 bridgehead atoms. The summed E-state index contributed by atoms with van der Waals surface area (Å²) in [4.78, 5) is 36.5. The van der Waals surface area contributed by atoms with E-state index in [0.717, 1.165) is 37.7 Å². The standard InChI is InChI=1S/C22H25N5O2/c28-20(14-27-15-24-19-6-2-1-5-18(19)22(27)29)25-10-3-4-17(13-25)21-23-9-11-26(21)12-16-7-8-16/h1-2,5-6,9,11,15-17H,3-4,7-8,10,12-14H2. The summed E-state index contributed by atoms with van der Waals surface area (Å²) >= 11 is 0. The van der Waals surface area contributed by atoms with Crippen LogP contribution < -0.4 is 5.56 Å². The molecule has 150 valence electrons. The van der Waals surface area contributed by atoms with E-state index in [1.54, 1.807) is 6.07 Å². The van der Waals surface area contributed by atoms with Crippen LogP contribution in [0.4, 0.5) is 0 Å². The van der Waals surface area contributed by atoms with Gasteiger partial charge < -0.3 is 9.47 Å². The van der Waals surface area contributed by atoms with Gasteiger partial charge in [-0.3, -0.25) is 14.2 Å². The number of hydrogen-bond acceptors (Lipinski definition) is 4. The Kier molecular flexibility index (Phi) is 4.66. The fourth-order valence-electron chi connectivity index (χ4n) is 4.29. The van der Waals surface area contributed by atoms with E-state index >= 15 is 0 Å². The number of hydrogen-bond donors (Lipinski definition) is 0. The first-order valence-corrected chi connectivity index (χ1v) is 10.4. The Hall–Kier alpha value is -2.96. The van der Waals surface area contributed by atoms with E-state index in [9.17, 15) is 9.59 Å². The molecule has 0 N–H and O–H groups in total. The first-order valence-electron chi connectivity index (χ1n) is 10.4. The van der Waals surface area contributed by atoms with E-state index in [1.807, 2.05) is 29.3 Å². The highest BCUT2D eigenvalue weighted by atomic mass is 16.2. The van der Waals surface area contributed by atoms with Gasteiger partial charge in [0.05, 0.1) is 17.2 Å². The van der Waals surface area contributed by atoms with Crippen LogP contribution in [0.3, 0.4) is 0 Å². The second-order valence-corrected chi connectivity index (χ2v) is 8.25. The van der Waals surface area contributed by atoms with Crippen LogP contribution in [0.25, 0.3) is 10.9 Å².